The zero-order chi connectivity index (χ0) is 16.2. The first-order chi connectivity index (χ1) is 11.1. The van der Waals surface area contributed by atoms with E-state index < -0.39 is 5.97 Å². The van der Waals surface area contributed by atoms with E-state index in [1.807, 2.05) is 18.2 Å². The van der Waals surface area contributed by atoms with Crippen molar-refractivity contribution in [2.45, 2.75) is 25.8 Å². The van der Waals surface area contributed by atoms with Gasteiger partial charge in [-0.15, -0.1) is 11.3 Å². The van der Waals surface area contributed by atoms with Crippen LogP contribution in [0.3, 0.4) is 0 Å². The highest BCUT2D eigenvalue weighted by Crippen LogP contribution is 2.30. The van der Waals surface area contributed by atoms with Crippen LogP contribution in [0.25, 0.3) is 0 Å². The molecule has 1 aromatic heterocycles. The number of hydrogen-bond donors (Lipinski definition) is 1. The van der Waals surface area contributed by atoms with E-state index in [1.165, 1.54) is 21.8 Å². The lowest BCUT2D eigenvalue weighted by Crippen LogP contribution is -2.28. The maximum Gasteiger partial charge on any atom is 0.348 e. The second-order valence-corrected chi connectivity index (χ2v) is 6.97. The average Bonchev–Trinajstić information content (AvgIpc) is 3.12. The third-order valence-electron chi connectivity index (χ3n) is 3.66. The molecular formula is C17H16ClNO3S. The fraction of sp³-hybridized carbons (Fsp3) is 0.294. The van der Waals surface area contributed by atoms with Crippen LogP contribution in [-0.2, 0) is 28.9 Å². The molecule has 6 heteroatoms. The van der Waals surface area contributed by atoms with Crippen LogP contribution in [0.15, 0.2) is 30.3 Å². The van der Waals surface area contributed by atoms with Crippen molar-refractivity contribution < 1.29 is 14.3 Å². The number of carbonyl (C=O) groups is 2. The van der Waals surface area contributed by atoms with Crippen molar-refractivity contribution in [3.8, 4) is 0 Å². The van der Waals surface area contributed by atoms with Gasteiger partial charge in [-0.05, 0) is 48.6 Å². The summed E-state index contributed by atoms with van der Waals surface area (Å²) in [6, 6.07) is 9.12. The molecule has 1 aromatic carbocycles. The normalized spacial score (nSPS) is 12.7. The number of thiophene rings is 1. The van der Waals surface area contributed by atoms with Crippen molar-refractivity contribution in [2.24, 2.45) is 0 Å². The number of benzene rings is 1. The number of nitrogens with one attached hydrogen (secondary N) is 1. The number of aryl methyl sites for hydroxylation is 2. The summed E-state index contributed by atoms with van der Waals surface area (Å²) in [6.07, 6.45) is 3.22. The van der Waals surface area contributed by atoms with Gasteiger partial charge in [0.25, 0.3) is 5.91 Å². The van der Waals surface area contributed by atoms with Crippen LogP contribution in [0, 0.1) is 0 Å². The summed E-state index contributed by atoms with van der Waals surface area (Å²) in [7, 11) is 0. The molecule has 1 amide bonds. The van der Waals surface area contributed by atoms with Gasteiger partial charge in [0.2, 0.25) is 0 Å². The van der Waals surface area contributed by atoms with E-state index in [0.717, 1.165) is 24.8 Å². The van der Waals surface area contributed by atoms with Gasteiger partial charge in [-0.3, -0.25) is 4.79 Å². The van der Waals surface area contributed by atoms with Crippen molar-refractivity contribution in [3.63, 3.8) is 0 Å². The third kappa shape index (κ3) is 4.12. The number of fused-ring (bicyclic) bond motifs is 1. The van der Waals surface area contributed by atoms with Gasteiger partial charge in [0.1, 0.15) is 4.88 Å². The molecule has 3 rings (SSSR count). The molecule has 4 nitrogen and oxygen atoms in total. The Balaban J connectivity index is 1.45. The second-order valence-electron chi connectivity index (χ2n) is 5.40. The Morgan fingerprint density at radius 3 is 2.91 bits per heavy atom. The third-order valence-corrected chi connectivity index (χ3v) is 5.11. The summed E-state index contributed by atoms with van der Waals surface area (Å²) in [5, 5.41) is 3.32. The van der Waals surface area contributed by atoms with E-state index in [4.69, 9.17) is 16.3 Å². The minimum absolute atomic E-state index is 0.276. The molecule has 23 heavy (non-hydrogen) atoms. The molecule has 1 N–H and O–H groups in total. The van der Waals surface area contributed by atoms with Crippen molar-refractivity contribution in [2.75, 3.05) is 6.61 Å². The maximum absolute atomic E-state index is 12.0. The van der Waals surface area contributed by atoms with Gasteiger partial charge < -0.3 is 10.1 Å². The Morgan fingerprint density at radius 1 is 1.26 bits per heavy atom. The molecule has 0 fully saturated rings. The molecule has 0 saturated heterocycles. The number of ether oxygens (including phenoxy) is 1. The standard InChI is InChI=1S/C17H16ClNO3S/c18-13-5-1-3-11(7-13)9-19-16(20)10-22-17(21)15-8-12-4-2-6-14(12)23-15/h1,3,5,7-8H,2,4,6,9-10H2,(H,19,20). The Kier molecular flexibility index (Phi) is 4.98. The van der Waals surface area contributed by atoms with Gasteiger partial charge in [-0.2, -0.15) is 0 Å². The van der Waals surface area contributed by atoms with Gasteiger partial charge in [0, 0.05) is 16.4 Å². The summed E-state index contributed by atoms with van der Waals surface area (Å²) < 4.78 is 5.07. The van der Waals surface area contributed by atoms with Gasteiger partial charge in [0.15, 0.2) is 6.61 Å². The monoisotopic (exact) mass is 349 g/mol. The van der Waals surface area contributed by atoms with E-state index in [-0.39, 0.29) is 12.5 Å². The number of carbonyl (C=O) groups excluding carboxylic acids is 2. The summed E-state index contributed by atoms with van der Waals surface area (Å²) in [6.45, 7) is 0.0756. The SMILES string of the molecule is O=C(COC(=O)c1cc2c(s1)CCC2)NCc1cccc(Cl)c1. The topological polar surface area (TPSA) is 55.4 Å². The first-order valence-electron chi connectivity index (χ1n) is 7.41. The van der Waals surface area contributed by atoms with Crippen molar-refractivity contribution >= 4 is 34.8 Å². The molecule has 0 bridgehead atoms. The molecule has 0 radical (unpaired) electrons. The average molecular weight is 350 g/mol. The largest absolute Gasteiger partial charge is 0.451 e. The lowest BCUT2D eigenvalue weighted by Gasteiger charge is -2.06. The van der Waals surface area contributed by atoms with Crippen LogP contribution in [0.4, 0.5) is 0 Å². The molecule has 0 saturated carbocycles. The molecule has 2 aromatic rings. The molecule has 1 aliphatic carbocycles. The summed E-state index contributed by atoms with van der Waals surface area (Å²) >= 11 is 7.35. The summed E-state index contributed by atoms with van der Waals surface area (Å²) in [4.78, 5) is 25.6. The van der Waals surface area contributed by atoms with Gasteiger partial charge in [-0.25, -0.2) is 4.79 Å². The lowest BCUT2D eigenvalue weighted by molar-refractivity contribution is -0.124. The fourth-order valence-corrected chi connectivity index (χ4v) is 3.89. The molecule has 0 unspecified atom stereocenters. The van der Waals surface area contributed by atoms with E-state index >= 15 is 0 Å². The first-order valence-corrected chi connectivity index (χ1v) is 8.61. The number of halogens is 1. The van der Waals surface area contributed by atoms with Crippen LogP contribution < -0.4 is 5.32 Å². The molecule has 0 atom stereocenters. The van der Waals surface area contributed by atoms with Gasteiger partial charge >= 0.3 is 5.97 Å². The van der Waals surface area contributed by atoms with Crippen molar-refractivity contribution in [1.82, 2.24) is 5.32 Å². The highest BCUT2D eigenvalue weighted by atomic mass is 35.5. The number of amides is 1. The summed E-state index contributed by atoms with van der Waals surface area (Å²) in [5.74, 6) is -0.760. The summed E-state index contributed by atoms with van der Waals surface area (Å²) in [5.41, 5.74) is 2.14. The highest BCUT2D eigenvalue weighted by molar-refractivity contribution is 7.14. The van der Waals surface area contributed by atoms with Crippen LogP contribution in [0.1, 0.15) is 32.1 Å². The smallest absolute Gasteiger partial charge is 0.348 e. The highest BCUT2D eigenvalue weighted by Gasteiger charge is 2.19. The van der Waals surface area contributed by atoms with Crippen LogP contribution >= 0.6 is 22.9 Å². The minimum atomic E-state index is -0.428. The molecular weight excluding hydrogens is 334 g/mol. The predicted octanol–water partition coefficient (Wildman–Crippen LogP) is 3.36. The van der Waals surface area contributed by atoms with E-state index in [0.29, 0.717) is 16.4 Å². The van der Waals surface area contributed by atoms with E-state index in [2.05, 4.69) is 5.32 Å². The van der Waals surface area contributed by atoms with Crippen LogP contribution in [0.5, 0.6) is 0 Å². The first kappa shape index (κ1) is 16.0. The lowest BCUT2D eigenvalue weighted by atomic mass is 10.2. The Labute approximate surface area is 143 Å². The van der Waals surface area contributed by atoms with Crippen molar-refractivity contribution in [1.29, 1.82) is 0 Å². The molecule has 0 aliphatic heterocycles. The quantitative estimate of drug-likeness (QED) is 0.842. The number of hydrogen-bond acceptors (Lipinski definition) is 4. The molecule has 120 valence electrons. The minimum Gasteiger partial charge on any atom is -0.451 e. The van der Waals surface area contributed by atoms with Crippen LogP contribution in [-0.4, -0.2) is 18.5 Å². The van der Waals surface area contributed by atoms with E-state index in [9.17, 15) is 9.59 Å². The molecule has 1 heterocycles. The number of rotatable bonds is 5. The predicted molar refractivity (Wildman–Crippen MR) is 89.9 cm³/mol. The van der Waals surface area contributed by atoms with Crippen LogP contribution in [0.2, 0.25) is 5.02 Å². The zero-order valence-corrected chi connectivity index (χ0v) is 14.0. The van der Waals surface area contributed by atoms with E-state index in [1.54, 1.807) is 12.1 Å². The van der Waals surface area contributed by atoms with Gasteiger partial charge in [0.05, 0.1) is 0 Å². The Bertz CT molecular complexity index is 720. The van der Waals surface area contributed by atoms with Crippen molar-refractivity contribution in [3.05, 3.63) is 56.2 Å². The Morgan fingerprint density at radius 2 is 2.13 bits per heavy atom. The van der Waals surface area contributed by atoms with Gasteiger partial charge in [-0.1, -0.05) is 23.7 Å². The zero-order valence-electron chi connectivity index (χ0n) is 12.4. The fourth-order valence-electron chi connectivity index (χ4n) is 2.53. The molecule has 0 spiro atoms. The second kappa shape index (κ2) is 7.15. The Hall–Kier alpha value is -1.85. The number of esters is 1. The molecule has 1 aliphatic rings. The maximum atomic E-state index is 12.0.